The minimum absolute atomic E-state index is 0.00460. The van der Waals surface area contributed by atoms with Crippen LogP contribution in [0.25, 0.3) is 10.6 Å². The molecule has 0 spiro atoms. The molecule has 6 nitrogen and oxygen atoms in total. The van der Waals surface area contributed by atoms with Crippen LogP contribution >= 0.6 is 22.9 Å². The Balaban J connectivity index is 1.64. The zero-order chi connectivity index (χ0) is 21.1. The van der Waals surface area contributed by atoms with Crippen LogP contribution in [0, 0.1) is 0 Å². The second kappa shape index (κ2) is 9.02. The fourth-order valence-corrected chi connectivity index (χ4v) is 4.81. The van der Waals surface area contributed by atoms with Crippen LogP contribution in [-0.2, 0) is 16.0 Å². The van der Waals surface area contributed by atoms with Gasteiger partial charge < -0.3 is 14.7 Å². The van der Waals surface area contributed by atoms with Crippen molar-refractivity contribution in [2.24, 2.45) is 0 Å². The molecule has 30 heavy (non-hydrogen) atoms. The highest BCUT2D eigenvalue weighted by atomic mass is 35.5. The molecule has 0 radical (unpaired) electrons. The Labute approximate surface area is 183 Å². The van der Waals surface area contributed by atoms with Crippen molar-refractivity contribution in [1.29, 1.82) is 0 Å². The van der Waals surface area contributed by atoms with Crippen molar-refractivity contribution in [3.63, 3.8) is 0 Å². The van der Waals surface area contributed by atoms with Crippen molar-refractivity contribution in [2.45, 2.75) is 38.6 Å². The summed E-state index contributed by atoms with van der Waals surface area (Å²) in [4.78, 5) is 28.5. The Morgan fingerprint density at radius 1 is 1.27 bits per heavy atom. The minimum atomic E-state index is -0.708. The third kappa shape index (κ3) is 4.13. The van der Waals surface area contributed by atoms with Gasteiger partial charge in [-0.2, -0.15) is 0 Å². The first-order valence-corrected chi connectivity index (χ1v) is 11.2. The van der Waals surface area contributed by atoms with Crippen LogP contribution in [-0.4, -0.2) is 28.4 Å². The van der Waals surface area contributed by atoms with Gasteiger partial charge in [0.2, 0.25) is 5.91 Å². The maximum absolute atomic E-state index is 13.4. The van der Waals surface area contributed by atoms with Crippen molar-refractivity contribution in [3.8, 4) is 10.6 Å². The van der Waals surface area contributed by atoms with Gasteiger partial charge in [-0.3, -0.25) is 9.59 Å². The molecule has 1 fully saturated rings. The van der Waals surface area contributed by atoms with Gasteiger partial charge in [-0.05, 0) is 37.0 Å². The van der Waals surface area contributed by atoms with Crippen molar-refractivity contribution >= 4 is 40.6 Å². The summed E-state index contributed by atoms with van der Waals surface area (Å²) in [5.74, 6) is 0.688. The average Bonchev–Trinajstić information content (AvgIpc) is 3.36. The summed E-state index contributed by atoms with van der Waals surface area (Å²) in [5.41, 5.74) is 1.58. The number of carbonyl (C=O) groups excluding carboxylic acids is 2. The molecule has 1 aromatic carbocycles. The van der Waals surface area contributed by atoms with E-state index in [0.717, 1.165) is 28.8 Å². The third-order valence-corrected chi connectivity index (χ3v) is 6.45. The number of anilines is 1. The van der Waals surface area contributed by atoms with Gasteiger partial charge in [-0.25, -0.2) is 0 Å². The van der Waals surface area contributed by atoms with Gasteiger partial charge in [0.15, 0.2) is 11.6 Å². The van der Waals surface area contributed by atoms with Crippen molar-refractivity contribution in [1.82, 2.24) is 10.1 Å². The van der Waals surface area contributed by atoms with Crippen LogP contribution in [0.3, 0.4) is 0 Å². The van der Waals surface area contributed by atoms with Gasteiger partial charge in [0, 0.05) is 18.5 Å². The van der Waals surface area contributed by atoms with E-state index < -0.39 is 6.04 Å². The summed E-state index contributed by atoms with van der Waals surface area (Å²) >= 11 is 7.45. The van der Waals surface area contributed by atoms with Gasteiger partial charge in [-0.1, -0.05) is 54.0 Å². The Bertz CT molecular complexity index is 1050. The number of carbonyl (C=O) groups is 2. The van der Waals surface area contributed by atoms with Crippen molar-refractivity contribution in [2.75, 3.05) is 11.9 Å². The van der Waals surface area contributed by atoms with E-state index >= 15 is 0 Å². The van der Waals surface area contributed by atoms with Crippen molar-refractivity contribution in [3.05, 3.63) is 57.9 Å². The first-order valence-electron chi connectivity index (χ1n) is 9.98. The molecule has 1 N–H and O–H groups in total. The Kier molecular flexibility index (Phi) is 6.20. The summed E-state index contributed by atoms with van der Waals surface area (Å²) < 4.78 is 6.20. The molecule has 3 aromatic rings. The lowest BCUT2D eigenvalue weighted by Gasteiger charge is -2.33. The highest BCUT2D eigenvalue weighted by Crippen LogP contribution is 2.36. The zero-order valence-electron chi connectivity index (χ0n) is 16.6. The largest absolute Gasteiger partial charge is 0.353 e. The number of aromatic nitrogens is 1. The topological polar surface area (TPSA) is 75.4 Å². The number of rotatable bonds is 6. The maximum Gasteiger partial charge on any atom is 0.253 e. The number of piperidine rings is 1. The Hall–Kier alpha value is -2.64. The van der Waals surface area contributed by atoms with Crippen LogP contribution < -0.4 is 5.32 Å². The van der Waals surface area contributed by atoms with Crippen LogP contribution in [0.15, 0.2) is 47.0 Å². The molecular weight excluding hydrogens is 422 g/mol. The minimum Gasteiger partial charge on any atom is -0.353 e. The lowest BCUT2D eigenvalue weighted by Crippen LogP contribution is -2.43. The van der Waals surface area contributed by atoms with Crippen LogP contribution in [0.2, 0.25) is 4.34 Å². The number of hydrogen-bond acceptors (Lipinski definition) is 5. The van der Waals surface area contributed by atoms with E-state index in [2.05, 4.69) is 10.5 Å². The number of likely N-dealkylation sites (tertiary alicyclic amines) is 1. The van der Waals surface area contributed by atoms with E-state index in [1.54, 1.807) is 11.0 Å². The first-order chi connectivity index (χ1) is 14.6. The number of thiophene rings is 1. The number of hydrogen-bond donors (Lipinski definition) is 1. The first kappa shape index (κ1) is 20.6. The van der Waals surface area contributed by atoms with E-state index in [1.165, 1.54) is 11.3 Å². The molecule has 8 heteroatoms. The molecule has 2 aromatic heterocycles. The van der Waals surface area contributed by atoms with Gasteiger partial charge in [0.1, 0.15) is 6.04 Å². The highest BCUT2D eigenvalue weighted by molar-refractivity contribution is 7.19. The van der Waals surface area contributed by atoms with E-state index in [-0.39, 0.29) is 11.8 Å². The quantitative estimate of drug-likeness (QED) is 0.560. The van der Waals surface area contributed by atoms with Gasteiger partial charge in [0.05, 0.1) is 9.21 Å². The molecule has 1 atom stereocenters. The summed E-state index contributed by atoms with van der Waals surface area (Å²) in [6.07, 6.45) is 2.83. The average molecular weight is 444 g/mol. The lowest BCUT2D eigenvalue weighted by atomic mass is 10.0. The zero-order valence-corrected chi connectivity index (χ0v) is 18.1. The van der Waals surface area contributed by atoms with Crippen molar-refractivity contribution < 1.29 is 14.1 Å². The van der Waals surface area contributed by atoms with Crippen LogP contribution in [0.1, 0.15) is 43.4 Å². The molecule has 0 bridgehead atoms. The predicted molar refractivity (Wildman–Crippen MR) is 118 cm³/mol. The van der Waals surface area contributed by atoms with E-state index in [0.29, 0.717) is 35.3 Å². The SMILES string of the molecule is CCc1c(NC(=O)C(c2ccccc2)N2CCCCC2=O)noc1-c1ccc(Cl)s1. The second-order valence-electron chi connectivity index (χ2n) is 7.14. The summed E-state index contributed by atoms with van der Waals surface area (Å²) in [5, 5.41) is 7.01. The van der Waals surface area contributed by atoms with Crippen LogP contribution in [0.5, 0.6) is 0 Å². The molecule has 0 saturated carbocycles. The molecule has 0 aliphatic carbocycles. The van der Waals surface area contributed by atoms with Gasteiger partial charge in [-0.15, -0.1) is 11.3 Å². The molecule has 1 unspecified atom stereocenters. The molecule has 2 amide bonds. The molecule has 1 aliphatic rings. The fraction of sp³-hybridized carbons (Fsp3) is 0.318. The van der Waals surface area contributed by atoms with E-state index in [4.69, 9.17) is 16.1 Å². The molecule has 1 saturated heterocycles. The third-order valence-electron chi connectivity index (χ3n) is 5.22. The van der Waals surface area contributed by atoms with Crippen LogP contribution in [0.4, 0.5) is 5.82 Å². The molecule has 156 valence electrons. The summed E-state index contributed by atoms with van der Waals surface area (Å²) in [6.45, 7) is 2.54. The molecular formula is C22H22ClN3O3S. The Morgan fingerprint density at radius 2 is 2.07 bits per heavy atom. The maximum atomic E-state index is 13.4. The monoisotopic (exact) mass is 443 g/mol. The number of nitrogens with zero attached hydrogens (tertiary/aromatic N) is 2. The highest BCUT2D eigenvalue weighted by Gasteiger charge is 2.33. The smallest absolute Gasteiger partial charge is 0.253 e. The van der Waals surface area contributed by atoms with Gasteiger partial charge in [0.25, 0.3) is 5.91 Å². The molecule has 3 heterocycles. The number of nitrogens with one attached hydrogen (secondary N) is 1. The predicted octanol–water partition coefficient (Wildman–Crippen LogP) is 5.31. The number of halogens is 1. The standard InChI is InChI=1S/C22H22ClN3O3S/c1-2-15-20(16-11-12-17(23)30-16)29-25-21(15)24-22(28)19(14-8-4-3-5-9-14)26-13-7-6-10-18(26)27/h3-5,8-9,11-12,19H,2,6-7,10,13H2,1H3,(H,24,25,28). The van der Waals surface area contributed by atoms with Gasteiger partial charge >= 0.3 is 0 Å². The fourth-order valence-electron chi connectivity index (χ4n) is 3.76. The second-order valence-corrected chi connectivity index (χ2v) is 8.86. The number of benzene rings is 1. The molecule has 4 rings (SSSR count). The van der Waals surface area contributed by atoms with E-state index in [9.17, 15) is 9.59 Å². The Morgan fingerprint density at radius 3 is 2.73 bits per heavy atom. The van der Waals surface area contributed by atoms with E-state index in [1.807, 2.05) is 43.3 Å². The molecule has 1 aliphatic heterocycles. The summed E-state index contributed by atoms with van der Waals surface area (Å²) in [7, 11) is 0. The lowest BCUT2D eigenvalue weighted by molar-refractivity contribution is -0.141. The normalized spacial score (nSPS) is 15.3. The summed E-state index contributed by atoms with van der Waals surface area (Å²) in [6, 6.07) is 12.3. The number of amides is 2.